The van der Waals surface area contributed by atoms with Gasteiger partial charge in [-0.25, -0.2) is 9.67 Å². The van der Waals surface area contributed by atoms with Gasteiger partial charge in [-0.05, 0) is 50.5 Å². The summed E-state index contributed by atoms with van der Waals surface area (Å²) in [5.74, 6) is 0.318. The molecule has 1 saturated heterocycles. The highest BCUT2D eigenvalue weighted by Gasteiger charge is 2.28. The summed E-state index contributed by atoms with van der Waals surface area (Å²) in [4.78, 5) is 32.3. The zero-order valence-corrected chi connectivity index (χ0v) is 17.9. The van der Waals surface area contributed by atoms with Gasteiger partial charge in [0.25, 0.3) is 5.91 Å². The lowest BCUT2D eigenvalue weighted by Crippen LogP contribution is -2.49. The Morgan fingerprint density at radius 1 is 1.06 bits per heavy atom. The number of nitrogens with one attached hydrogen (secondary N) is 1. The minimum Gasteiger partial charge on any atom is -0.341 e. The van der Waals surface area contributed by atoms with E-state index in [0.717, 1.165) is 42.9 Å². The molecule has 1 aliphatic heterocycles. The molecule has 1 N–H and O–H groups in total. The zero-order chi connectivity index (χ0) is 21.8. The lowest BCUT2D eigenvalue weighted by molar-refractivity contribution is -0.132. The topological polar surface area (TPSA) is 80.1 Å². The highest BCUT2D eigenvalue weighted by atomic mass is 16.2. The molecular formula is C24H27N5O2. The molecule has 1 aliphatic rings. The number of carbonyl (C=O) groups excluding carboxylic acids is 2. The Labute approximate surface area is 182 Å². The van der Waals surface area contributed by atoms with Gasteiger partial charge < -0.3 is 10.2 Å². The van der Waals surface area contributed by atoms with Gasteiger partial charge in [-0.1, -0.05) is 30.3 Å². The Morgan fingerprint density at radius 3 is 2.42 bits per heavy atom. The second-order valence-electron chi connectivity index (χ2n) is 7.99. The summed E-state index contributed by atoms with van der Waals surface area (Å²) in [6, 6.07) is 14.6. The monoisotopic (exact) mass is 417 g/mol. The average molecular weight is 418 g/mol. The Morgan fingerprint density at radius 2 is 1.81 bits per heavy atom. The van der Waals surface area contributed by atoms with E-state index in [1.54, 1.807) is 16.8 Å². The fraction of sp³-hybridized carbons (Fsp3) is 0.333. The molecule has 4 rings (SSSR count). The van der Waals surface area contributed by atoms with Crippen molar-refractivity contribution in [3.63, 3.8) is 0 Å². The predicted molar refractivity (Wildman–Crippen MR) is 118 cm³/mol. The molecule has 7 heteroatoms. The molecular weight excluding hydrogens is 390 g/mol. The van der Waals surface area contributed by atoms with E-state index >= 15 is 0 Å². The van der Waals surface area contributed by atoms with E-state index in [-0.39, 0.29) is 11.8 Å². The summed E-state index contributed by atoms with van der Waals surface area (Å²) in [7, 11) is 0. The largest absolute Gasteiger partial charge is 0.341 e. The van der Waals surface area contributed by atoms with E-state index in [0.29, 0.717) is 17.8 Å². The molecule has 0 spiro atoms. The molecule has 0 saturated carbocycles. The lowest BCUT2D eigenvalue weighted by atomic mass is 10.0. The van der Waals surface area contributed by atoms with Crippen LogP contribution in [0.15, 0.2) is 54.7 Å². The number of likely N-dealkylation sites (tertiary alicyclic amines) is 1. The molecule has 1 fully saturated rings. The second kappa shape index (κ2) is 9.12. The van der Waals surface area contributed by atoms with Crippen LogP contribution in [0, 0.1) is 13.8 Å². The summed E-state index contributed by atoms with van der Waals surface area (Å²) < 4.78 is 1.74. The maximum Gasteiger partial charge on any atom is 0.253 e. The van der Waals surface area contributed by atoms with Gasteiger partial charge in [0.15, 0.2) is 5.82 Å². The van der Waals surface area contributed by atoms with Gasteiger partial charge in [-0.2, -0.15) is 5.10 Å². The van der Waals surface area contributed by atoms with Crippen molar-refractivity contribution < 1.29 is 9.59 Å². The van der Waals surface area contributed by atoms with Crippen molar-refractivity contribution in [2.45, 2.75) is 39.2 Å². The van der Waals surface area contributed by atoms with Crippen LogP contribution in [0.5, 0.6) is 0 Å². The molecule has 1 aromatic carbocycles. The number of amides is 2. The average Bonchev–Trinajstić information content (AvgIpc) is 3.43. The van der Waals surface area contributed by atoms with Crippen molar-refractivity contribution >= 4 is 11.8 Å². The van der Waals surface area contributed by atoms with Gasteiger partial charge in [0, 0.05) is 31.4 Å². The molecule has 3 heterocycles. The van der Waals surface area contributed by atoms with Crippen molar-refractivity contribution in [3.8, 4) is 5.82 Å². The number of pyridine rings is 1. The maximum absolute atomic E-state index is 13.1. The first kappa shape index (κ1) is 20.8. The van der Waals surface area contributed by atoms with Crippen molar-refractivity contribution in [2.24, 2.45) is 0 Å². The fourth-order valence-corrected chi connectivity index (χ4v) is 3.96. The van der Waals surface area contributed by atoms with E-state index in [1.165, 1.54) is 6.20 Å². The summed E-state index contributed by atoms with van der Waals surface area (Å²) in [6.45, 7) is 5.38. The number of rotatable bonds is 6. The summed E-state index contributed by atoms with van der Waals surface area (Å²) in [6.07, 6.45) is 4.01. The number of benzene rings is 1. The summed E-state index contributed by atoms with van der Waals surface area (Å²) >= 11 is 0. The van der Waals surface area contributed by atoms with Crippen LogP contribution >= 0.6 is 0 Å². The molecule has 0 bridgehead atoms. The smallest absolute Gasteiger partial charge is 0.253 e. The van der Waals surface area contributed by atoms with Crippen molar-refractivity contribution in [2.75, 3.05) is 13.1 Å². The zero-order valence-electron chi connectivity index (χ0n) is 17.9. The van der Waals surface area contributed by atoms with Gasteiger partial charge in [-0.3, -0.25) is 9.59 Å². The minimum atomic E-state index is -0.608. The predicted octanol–water partition coefficient (Wildman–Crippen LogP) is 2.85. The van der Waals surface area contributed by atoms with E-state index in [9.17, 15) is 9.59 Å². The molecule has 7 nitrogen and oxygen atoms in total. The van der Waals surface area contributed by atoms with E-state index in [4.69, 9.17) is 0 Å². The van der Waals surface area contributed by atoms with Gasteiger partial charge in [0.2, 0.25) is 5.91 Å². The molecule has 2 aromatic heterocycles. The Bertz CT molecular complexity index is 1050. The highest BCUT2D eigenvalue weighted by molar-refractivity contribution is 5.97. The van der Waals surface area contributed by atoms with Crippen molar-refractivity contribution in [3.05, 3.63) is 77.2 Å². The third-order valence-corrected chi connectivity index (χ3v) is 5.54. The van der Waals surface area contributed by atoms with Gasteiger partial charge in [0.1, 0.15) is 6.04 Å². The Hall–Kier alpha value is -3.48. The molecule has 0 radical (unpaired) electrons. The quantitative estimate of drug-likeness (QED) is 0.669. The number of nitrogens with zero attached hydrogens (tertiary/aromatic N) is 4. The highest BCUT2D eigenvalue weighted by Crippen LogP contribution is 2.14. The van der Waals surface area contributed by atoms with Crippen LogP contribution in [-0.4, -0.2) is 50.6 Å². The first-order valence-electron chi connectivity index (χ1n) is 10.6. The SMILES string of the molecule is Cc1cc(C)n(-c2ccc(C(=O)NC(Cc3ccccc3)C(=O)N3CCCC3)cn2)n1. The third-order valence-electron chi connectivity index (χ3n) is 5.54. The molecule has 1 atom stereocenters. The summed E-state index contributed by atoms with van der Waals surface area (Å²) in [5, 5.41) is 7.36. The number of carbonyl (C=O) groups is 2. The van der Waals surface area contributed by atoms with E-state index in [1.807, 2.05) is 55.1 Å². The van der Waals surface area contributed by atoms with E-state index < -0.39 is 6.04 Å². The molecule has 1 unspecified atom stereocenters. The molecule has 160 valence electrons. The number of hydrogen-bond donors (Lipinski definition) is 1. The number of hydrogen-bond acceptors (Lipinski definition) is 4. The first-order valence-corrected chi connectivity index (χ1v) is 10.6. The van der Waals surface area contributed by atoms with Crippen LogP contribution in [0.4, 0.5) is 0 Å². The second-order valence-corrected chi connectivity index (χ2v) is 7.99. The number of aromatic nitrogens is 3. The number of aryl methyl sites for hydroxylation is 2. The van der Waals surface area contributed by atoms with Crippen molar-refractivity contribution in [1.82, 2.24) is 25.0 Å². The first-order chi connectivity index (χ1) is 15.0. The van der Waals surface area contributed by atoms with Gasteiger partial charge >= 0.3 is 0 Å². The van der Waals surface area contributed by atoms with E-state index in [2.05, 4.69) is 15.4 Å². The Kier molecular flexibility index (Phi) is 6.11. The normalized spacial score (nSPS) is 14.5. The molecule has 0 aliphatic carbocycles. The lowest BCUT2D eigenvalue weighted by Gasteiger charge is -2.24. The Balaban J connectivity index is 1.51. The third kappa shape index (κ3) is 4.82. The van der Waals surface area contributed by atoms with Crippen molar-refractivity contribution in [1.29, 1.82) is 0 Å². The molecule has 31 heavy (non-hydrogen) atoms. The standard InChI is InChI=1S/C24H27N5O2/c1-17-14-18(2)29(27-17)22-11-10-20(16-25-22)23(30)26-21(15-19-8-4-3-5-9-19)24(31)28-12-6-7-13-28/h3-5,8-11,14,16,21H,6-7,12-13,15H2,1-2H3,(H,26,30). The molecule has 2 amide bonds. The van der Waals surface area contributed by atoms with Crippen LogP contribution in [0.25, 0.3) is 5.82 Å². The van der Waals surface area contributed by atoms with Gasteiger partial charge in [-0.15, -0.1) is 0 Å². The maximum atomic E-state index is 13.1. The van der Waals surface area contributed by atoms with Crippen LogP contribution < -0.4 is 5.32 Å². The molecule has 3 aromatic rings. The van der Waals surface area contributed by atoms with Crippen LogP contribution in [-0.2, 0) is 11.2 Å². The van der Waals surface area contributed by atoms with Gasteiger partial charge in [0.05, 0.1) is 11.3 Å². The fourth-order valence-electron chi connectivity index (χ4n) is 3.96. The van der Waals surface area contributed by atoms with Crippen LogP contribution in [0.1, 0.15) is 40.2 Å². The van der Waals surface area contributed by atoms with Crippen LogP contribution in [0.2, 0.25) is 0 Å². The summed E-state index contributed by atoms with van der Waals surface area (Å²) in [5.41, 5.74) is 3.31. The van der Waals surface area contributed by atoms with Crippen LogP contribution in [0.3, 0.4) is 0 Å². The minimum absolute atomic E-state index is 0.0260.